The molecular weight excluding hydrogens is 210 g/mol. The van der Waals surface area contributed by atoms with Crippen molar-refractivity contribution in [3.8, 4) is 0 Å². The van der Waals surface area contributed by atoms with Crippen molar-refractivity contribution in [2.45, 2.75) is 46.2 Å². The Morgan fingerprint density at radius 1 is 1.40 bits per heavy atom. The molecule has 3 atom stereocenters. The zero-order chi connectivity index (χ0) is 11.8. The van der Waals surface area contributed by atoms with E-state index in [0.29, 0.717) is 6.04 Å². The van der Waals surface area contributed by atoms with Gasteiger partial charge in [-0.15, -0.1) is 0 Å². The average Bonchev–Trinajstić information content (AvgIpc) is 2.16. The Balaban J connectivity index is 3.75. The fourth-order valence-electron chi connectivity index (χ4n) is 1.29. The van der Waals surface area contributed by atoms with Crippen LogP contribution in [0.3, 0.4) is 0 Å². The molecule has 90 valence electrons. The molecular formula is C11H23NO2S. The molecule has 0 radical (unpaired) electrons. The number of thioether (sulfide) groups is 1. The van der Waals surface area contributed by atoms with Crippen LogP contribution in [0.5, 0.6) is 0 Å². The van der Waals surface area contributed by atoms with Crippen LogP contribution in [0.2, 0.25) is 0 Å². The molecule has 3 unspecified atom stereocenters. The topological polar surface area (TPSA) is 49.3 Å². The molecule has 0 aromatic heterocycles. The van der Waals surface area contributed by atoms with E-state index in [-0.39, 0.29) is 12.0 Å². The zero-order valence-electron chi connectivity index (χ0n) is 10.1. The highest BCUT2D eigenvalue weighted by atomic mass is 32.2. The van der Waals surface area contributed by atoms with Crippen LogP contribution in [-0.4, -0.2) is 34.7 Å². The molecule has 0 heterocycles. The van der Waals surface area contributed by atoms with Crippen molar-refractivity contribution in [3.63, 3.8) is 0 Å². The zero-order valence-corrected chi connectivity index (χ0v) is 10.9. The van der Waals surface area contributed by atoms with Gasteiger partial charge in [0.05, 0.1) is 5.92 Å². The predicted octanol–water partition coefficient (Wildman–Crippen LogP) is 2.22. The largest absolute Gasteiger partial charge is 0.481 e. The van der Waals surface area contributed by atoms with Crippen molar-refractivity contribution in [1.29, 1.82) is 0 Å². The first kappa shape index (κ1) is 14.8. The number of hydrogen-bond acceptors (Lipinski definition) is 3. The Labute approximate surface area is 97.0 Å². The van der Waals surface area contributed by atoms with Gasteiger partial charge in [-0.05, 0) is 31.8 Å². The van der Waals surface area contributed by atoms with Crippen LogP contribution in [-0.2, 0) is 4.79 Å². The average molecular weight is 233 g/mol. The van der Waals surface area contributed by atoms with Crippen molar-refractivity contribution in [2.24, 2.45) is 5.92 Å². The summed E-state index contributed by atoms with van der Waals surface area (Å²) in [6.45, 7) is 7.94. The molecule has 0 aliphatic rings. The minimum absolute atomic E-state index is 0.0316. The van der Waals surface area contributed by atoms with E-state index in [2.05, 4.69) is 19.2 Å². The van der Waals surface area contributed by atoms with Gasteiger partial charge in [0.25, 0.3) is 0 Å². The van der Waals surface area contributed by atoms with E-state index >= 15 is 0 Å². The molecule has 2 N–H and O–H groups in total. The summed E-state index contributed by atoms with van der Waals surface area (Å²) in [6, 6.07) is 0.421. The number of carbonyl (C=O) groups is 1. The summed E-state index contributed by atoms with van der Waals surface area (Å²) >= 11 is 1.92. The molecule has 0 aromatic rings. The van der Waals surface area contributed by atoms with Gasteiger partial charge in [0.15, 0.2) is 0 Å². The SMILES string of the molecule is CCSCCC(C)NC(C)C(C)C(=O)O. The Kier molecular flexibility index (Phi) is 7.88. The van der Waals surface area contributed by atoms with Crippen LogP contribution in [0.4, 0.5) is 0 Å². The van der Waals surface area contributed by atoms with Gasteiger partial charge < -0.3 is 10.4 Å². The summed E-state index contributed by atoms with van der Waals surface area (Å²) in [5.74, 6) is 1.23. The molecule has 0 fully saturated rings. The summed E-state index contributed by atoms with van der Waals surface area (Å²) in [5, 5.41) is 12.2. The van der Waals surface area contributed by atoms with Crippen molar-refractivity contribution in [3.05, 3.63) is 0 Å². The highest BCUT2D eigenvalue weighted by molar-refractivity contribution is 7.99. The highest BCUT2D eigenvalue weighted by Crippen LogP contribution is 2.07. The quantitative estimate of drug-likeness (QED) is 0.631. The second-order valence-corrected chi connectivity index (χ2v) is 5.36. The maximum atomic E-state index is 10.7. The van der Waals surface area contributed by atoms with E-state index in [1.165, 1.54) is 0 Å². The van der Waals surface area contributed by atoms with Crippen molar-refractivity contribution in [1.82, 2.24) is 5.32 Å². The monoisotopic (exact) mass is 233 g/mol. The van der Waals surface area contributed by atoms with Crippen LogP contribution in [0.1, 0.15) is 34.1 Å². The molecule has 0 saturated heterocycles. The molecule has 0 bridgehead atoms. The van der Waals surface area contributed by atoms with Crippen molar-refractivity contribution < 1.29 is 9.90 Å². The van der Waals surface area contributed by atoms with E-state index in [9.17, 15) is 4.79 Å². The fourth-order valence-corrected chi connectivity index (χ4v) is 2.10. The lowest BCUT2D eigenvalue weighted by Crippen LogP contribution is -2.41. The molecule has 0 aliphatic heterocycles. The minimum atomic E-state index is -0.731. The summed E-state index contributed by atoms with van der Waals surface area (Å²) in [5.41, 5.74) is 0. The molecule has 15 heavy (non-hydrogen) atoms. The molecule has 0 saturated carbocycles. The first-order chi connectivity index (χ1) is 6.99. The van der Waals surface area contributed by atoms with Crippen molar-refractivity contribution in [2.75, 3.05) is 11.5 Å². The Morgan fingerprint density at radius 3 is 2.47 bits per heavy atom. The van der Waals surface area contributed by atoms with Crippen LogP contribution in [0.25, 0.3) is 0 Å². The molecule has 0 spiro atoms. The molecule has 0 aromatic carbocycles. The standard InChI is InChI=1S/C11H23NO2S/c1-5-15-7-6-8(2)12-10(4)9(3)11(13)14/h8-10,12H,5-7H2,1-4H3,(H,13,14). The molecule has 0 aliphatic carbocycles. The number of carboxylic acids is 1. The lowest BCUT2D eigenvalue weighted by Gasteiger charge is -2.22. The van der Waals surface area contributed by atoms with Gasteiger partial charge in [-0.25, -0.2) is 0 Å². The summed E-state index contributed by atoms with van der Waals surface area (Å²) in [4.78, 5) is 10.7. The third kappa shape index (κ3) is 6.79. The lowest BCUT2D eigenvalue weighted by atomic mass is 10.0. The number of nitrogens with one attached hydrogen (secondary N) is 1. The summed E-state index contributed by atoms with van der Waals surface area (Å²) in [7, 11) is 0. The molecule has 0 amide bonds. The first-order valence-corrected chi connectivity index (χ1v) is 6.71. The van der Waals surface area contributed by atoms with E-state index < -0.39 is 5.97 Å². The Morgan fingerprint density at radius 2 is 2.00 bits per heavy atom. The second-order valence-electron chi connectivity index (χ2n) is 3.97. The summed E-state index contributed by atoms with van der Waals surface area (Å²) in [6.07, 6.45) is 1.09. The van der Waals surface area contributed by atoms with Crippen LogP contribution in [0, 0.1) is 5.92 Å². The van der Waals surface area contributed by atoms with E-state index in [1.807, 2.05) is 18.7 Å². The van der Waals surface area contributed by atoms with E-state index in [1.54, 1.807) is 6.92 Å². The number of aliphatic carboxylic acids is 1. The van der Waals surface area contributed by atoms with E-state index in [0.717, 1.165) is 17.9 Å². The fraction of sp³-hybridized carbons (Fsp3) is 0.909. The number of carboxylic acid groups (broad SMARTS) is 1. The van der Waals surface area contributed by atoms with Crippen LogP contribution < -0.4 is 5.32 Å². The Bertz CT molecular complexity index is 187. The van der Waals surface area contributed by atoms with Gasteiger partial charge in [-0.2, -0.15) is 11.8 Å². The molecule has 0 rings (SSSR count). The van der Waals surface area contributed by atoms with E-state index in [4.69, 9.17) is 5.11 Å². The summed E-state index contributed by atoms with van der Waals surface area (Å²) < 4.78 is 0. The molecule has 4 heteroatoms. The normalized spacial score (nSPS) is 17.1. The minimum Gasteiger partial charge on any atom is -0.481 e. The third-order valence-electron chi connectivity index (χ3n) is 2.59. The highest BCUT2D eigenvalue weighted by Gasteiger charge is 2.20. The first-order valence-electron chi connectivity index (χ1n) is 5.55. The van der Waals surface area contributed by atoms with Gasteiger partial charge in [0.1, 0.15) is 0 Å². The predicted molar refractivity (Wildman–Crippen MR) is 66.5 cm³/mol. The number of hydrogen-bond donors (Lipinski definition) is 2. The van der Waals surface area contributed by atoms with Crippen LogP contribution in [0.15, 0.2) is 0 Å². The van der Waals surface area contributed by atoms with Gasteiger partial charge in [0.2, 0.25) is 0 Å². The van der Waals surface area contributed by atoms with Gasteiger partial charge in [0, 0.05) is 12.1 Å². The molecule has 3 nitrogen and oxygen atoms in total. The van der Waals surface area contributed by atoms with Crippen LogP contribution >= 0.6 is 11.8 Å². The number of rotatable bonds is 8. The van der Waals surface area contributed by atoms with Crippen molar-refractivity contribution >= 4 is 17.7 Å². The van der Waals surface area contributed by atoms with Gasteiger partial charge in [-0.3, -0.25) is 4.79 Å². The maximum Gasteiger partial charge on any atom is 0.307 e. The maximum absolute atomic E-state index is 10.7. The third-order valence-corrected chi connectivity index (χ3v) is 3.52. The smallest absolute Gasteiger partial charge is 0.307 e. The second kappa shape index (κ2) is 7.99. The lowest BCUT2D eigenvalue weighted by molar-refractivity contribution is -0.142. The van der Waals surface area contributed by atoms with Gasteiger partial charge >= 0.3 is 5.97 Å². The van der Waals surface area contributed by atoms with Gasteiger partial charge in [-0.1, -0.05) is 13.8 Å². The Hall–Kier alpha value is -0.220.